The fourth-order valence-electron chi connectivity index (χ4n) is 3.51. The van der Waals surface area contributed by atoms with Crippen molar-refractivity contribution in [2.45, 2.75) is 57.8 Å². The predicted octanol–water partition coefficient (Wildman–Crippen LogP) is 4.40. The summed E-state index contributed by atoms with van der Waals surface area (Å²) in [5.74, 6) is -3.01. The lowest BCUT2D eigenvalue weighted by atomic mass is 10.1. The summed E-state index contributed by atoms with van der Waals surface area (Å²) in [5, 5.41) is 20.5. The molecule has 0 aliphatic carbocycles. The van der Waals surface area contributed by atoms with Gasteiger partial charge in [-0.25, -0.2) is 10.0 Å². The smallest absolute Gasteiger partial charge is 0.303 e. The number of hydrazine groups is 2. The molecule has 0 fully saturated rings. The Hall–Kier alpha value is -3.90. The van der Waals surface area contributed by atoms with Crippen LogP contribution in [0.15, 0.2) is 60.7 Å². The first-order valence-corrected chi connectivity index (χ1v) is 13.3. The Morgan fingerprint density at radius 1 is 0.590 bits per heavy atom. The number of nitrogens with zero attached hydrogens (tertiary/aromatic N) is 2. The van der Waals surface area contributed by atoms with Crippen LogP contribution < -0.4 is 20.9 Å². The van der Waals surface area contributed by atoms with Gasteiger partial charge in [0.05, 0.1) is 11.4 Å². The van der Waals surface area contributed by atoms with Crippen molar-refractivity contribution in [2.24, 2.45) is 0 Å². The van der Waals surface area contributed by atoms with E-state index in [0.29, 0.717) is 53.5 Å². The molecule has 0 aliphatic rings. The van der Waals surface area contributed by atoms with E-state index < -0.39 is 30.2 Å². The molecule has 2 amide bonds. The number of thiocarbonyl (C=S) groups is 2. The zero-order valence-electron chi connectivity index (χ0n) is 21.4. The number of carboxylic acid groups (broad SMARTS) is 2. The summed E-state index contributed by atoms with van der Waals surface area (Å²) in [7, 11) is 0. The number of hydrogen-bond acceptors (Lipinski definition) is 6. The van der Waals surface area contributed by atoms with Gasteiger partial charge in [-0.2, -0.15) is 0 Å². The highest BCUT2D eigenvalue weighted by atomic mass is 32.1. The number of unbranched alkanes of at least 4 members (excludes halogenated alkanes) is 2. The van der Waals surface area contributed by atoms with Crippen LogP contribution in [-0.2, 0) is 19.2 Å². The summed E-state index contributed by atoms with van der Waals surface area (Å²) in [6, 6.07) is 17.7. The molecule has 0 heterocycles. The first-order valence-electron chi connectivity index (χ1n) is 12.5. The van der Waals surface area contributed by atoms with Crippen molar-refractivity contribution in [2.75, 3.05) is 10.0 Å². The lowest BCUT2D eigenvalue weighted by Gasteiger charge is -2.27. The van der Waals surface area contributed by atoms with E-state index in [1.165, 1.54) is 10.0 Å². The summed E-state index contributed by atoms with van der Waals surface area (Å²) in [6.45, 7) is 0. The summed E-state index contributed by atoms with van der Waals surface area (Å²) < 4.78 is 0. The van der Waals surface area contributed by atoms with Crippen LogP contribution in [0.1, 0.15) is 57.8 Å². The van der Waals surface area contributed by atoms with Gasteiger partial charge in [-0.3, -0.25) is 30.0 Å². The molecule has 0 atom stereocenters. The molecule has 0 radical (unpaired) electrons. The van der Waals surface area contributed by atoms with Crippen molar-refractivity contribution >= 4 is 69.5 Å². The fraction of sp³-hybridized carbons (Fsp3) is 0.333. The minimum atomic E-state index is -0.939. The van der Waals surface area contributed by atoms with Crippen molar-refractivity contribution in [3.63, 3.8) is 0 Å². The minimum absolute atomic E-state index is 0.0616. The van der Waals surface area contributed by atoms with Crippen LogP contribution in [-0.4, -0.2) is 43.9 Å². The van der Waals surface area contributed by atoms with E-state index in [2.05, 4.69) is 10.9 Å². The maximum Gasteiger partial charge on any atom is 0.303 e. The number of rotatable bonds is 14. The zero-order valence-corrected chi connectivity index (χ0v) is 23.0. The number of carbonyl (C=O) groups is 4. The lowest BCUT2D eigenvalue weighted by molar-refractivity contribution is -0.138. The molecular weight excluding hydrogens is 540 g/mol. The largest absolute Gasteiger partial charge is 0.481 e. The highest BCUT2D eigenvalue weighted by Gasteiger charge is 2.20. The number of hydrogen-bond donors (Lipinski definition) is 4. The number of benzene rings is 2. The van der Waals surface area contributed by atoms with Gasteiger partial charge in [0.25, 0.3) is 0 Å². The molecule has 0 saturated heterocycles. The van der Waals surface area contributed by atoms with Crippen molar-refractivity contribution in [1.29, 1.82) is 0 Å². The van der Waals surface area contributed by atoms with Crippen LogP contribution in [0.5, 0.6) is 0 Å². The number of carbonyl (C=O) groups excluding carboxylic acids is 2. The Kier molecular flexibility index (Phi) is 13.5. The highest BCUT2D eigenvalue weighted by molar-refractivity contribution is 7.80. The summed E-state index contributed by atoms with van der Waals surface area (Å²) in [5.41, 5.74) is 6.53. The molecule has 0 saturated carbocycles. The zero-order chi connectivity index (χ0) is 28.6. The Bertz CT molecular complexity index is 1150. The Balaban J connectivity index is 2.03. The fourth-order valence-corrected chi connectivity index (χ4v) is 4.10. The molecule has 10 nitrogen and oxygen atoms in total. The van der Waals surface area contributed by atoms with Gasteiger partial charge in [-0.1, -0.05) is 67.3 Å². The molecular formula is C27H32N4O6S2. The van der Waals surface area contributed by atoms with Crippen LogP contribution in [0.3, 0.4) is 0 Å². The number of carboxylic acids is 2. The normalized spacial score (nSPS) is 10.3. The average Bonchev–Trinajstić information content (AvgIpc) is 2.90. The van der Waals surface area contributed by atoms with Crippen molar-refractivity contribution < 1.29 is 29.4 Å². The van der Waals surface area contributed by atoms with Gasteiger partial charge in [0.15, 0.2) is 0 Å². The van der Waals surface area contributed by atoms with Crippen LogP contribution in [0.25, 0.3) is 0 Å². The quantitative estimate of drug-likeness (QED) is 0.111. The minimum Gasteiger partial charge on any atom is -0.481 e. The van der Waals surface area contributed by atoms with Crippen LogP contribution in [0.2, 0.25) is 0 Å². The van der Waals surface area contributed by atoms with Gasteiger partial charge in [-0.05, 0) is 43.5 Å². The van der Waals surface area contributed by atoms with Crippen LogP contribution in [0, 0.1) is 0 Å². The first-order chi connectivity index (χ1) is 18.7. The van der Waals surface area contributed by atoms with Crippen LogP contribution >= 0.6 is 24.4 Å². The lowest BCUT2D eigenvalue weighted by Crippen LogP contribution is -2.50. The molecule has 2 rings (SSSR count). The predicted molar refractivity (Wildman–Crippen MR) is 156 cm³/mol. The molecule has 0 aromatic heterocycles. The molecule has 0 unspecified atom stereocenters. The number of anilines is 2. The van der Waals surface area contributed by atoms with E-state index in [4.69, 9.17) is 34.6 Å². The van der Waals surface area contributed by atoms with Crippen LogP contribution in [0.4, 0.5) is 11.4 Å². The maximum atomic E-state index is 12.9. The third kappa shape index (κ3) is 12.0. The number of aliphatic carboxylic acids is 2. The molecule has 0 bridgehead atoms. The molecule has 0 spiro atoms. The third-order valence-electron chi connectivity index (χ3n) is 5.38. The summed E-state index contributed by atoms with van der Waals surface area (Å²) in [6.07, 6.45) is 2.36. The Morgan fingerprint density at radius 2 is 0.974 bits per heavy atom. The van der Waals surface area contributed by atoms with Crippen molar-refractivity contribution in [3.05, 3.63) is 60.7 Å². The van der Waals surface area contributed by atoms with E-state index >= 15 is 0 Å². The SMILES string of the molecule is O=C(O)CCCCCC(=S)N(NC(=O)CC(=O)NN(C(=S)CCCC(=O)O)c1ccccc1)c1ccccc1. The van der Waals surface area contributed by atoms with E-state index in [1.807, 2.05) is 6.07 Å². The molecule has 4 N–H and O–H groups in total. The van der Waals surface area contributed by atoms with E-state index in [1.54, 1.807) is 54.6 Å². The van der Waals surface area contributed by atoms with Gasteiger partial charge >= 0.3 is 11.9 Å². The van der Waals surface area contributed by atoms with E-state index in [-0.39, 0.29) is 19.3 Å². The second kappa shape index (κ2) is 16.8. The molecule has 208 valence electrons. The Morgan fingerprint density at radius 3 is 1.41 bits per heavy atom. The number of amides is 2. The second-order valence-electron chi connectivity index (χ2n) is 8.58. The highest BCUT2D eigenvalue weighted by Crippen LogP contribution is 2.17. The van der Waals surface area contributed by atoms with Gasteiger partial charge < -0.3 is 10.2 Å². The van der Waals surface area contributed by atoms with Gasteiger partial charge in [-0.15, -0.1) is 0 Å². The standard InChI is InChI=1S/C27H32N4O6S2/c32-22(28-30(20-11-4-1-5-12-20)24(38)15-8-3-9-17-26(34)35)19-23(33)29-31(21-13-6-2-7-14-21)25(39)16-10-18-27(36)37/h1-2,4-7,11-14H,3,8-10,15-19H2,(H,28,32)(H,29,33)(H,34,35)(H,36,37). The third-order valence-corrected chi connectivity index (χ3v) is 6.16. The Labute approximate surface area is 237 Å². The number of nitrogens with one attached hydrogen (secondary N) is 2. The monoisotopic (exact) mass is 572 g/mol. The van der Waals surface area contributed by atoms with E-state index in [9.17, 15) is 19.2 Å². The average molecular weight is 573 g/mol. The number of para-hydroxylation sites is 2. The maximum absolute atomic E-state index is 12.9. The summed E-state index contributed by atoms with van der Waals surface area (Å²) in [4.78, 5) is 48.0. The van der Waals surface area contributed by atoms with Crippen molar-refractivity contribution in [3.8, 4) is 0 Å². The molecule has 12 heteroatoms. The molecule has 0 aliphatic heterocycles. The van der Waals surface area contributed by atoms with Gasteiger partial charge in [0.1, 0.15) is 16.4 Å². The van der Waals surface area contributed by atoms with E-state index in [0.717, 1.165) is 0 Å². The molecule has 39 heavy (non-hydrogen) atoms. The van der Waals surface area contributed by atoms with Gasteiger partial charge in [0, 0.05) is 25.7 Å². The summed E-state index contributed by atoms with van der Waals surface area (Å²) >= 11 is 11.0. The topological polar surface area (TPSA) is 139 Å². The molecule has 2 aromatic rings. The van der Waals surface area contributed by atoms with Crippen molar-refractivity contribution in [1.82, 2.24) is 10.9 Å². The first kappa shape index (κ1) is 31.3. The second-order valence-corrected chi connectivity index (χ2v) is 9.52. The van der Waals surface area contributed by atoms with Gasteiger partial charge in [0.2, 0.25) is 11.8 Å². The molecule has 2 aromatic carbocycles.